The van der Waals surface area contributed by atoms with E-state index in [1.54, 1.807) is 43.6 Å². The Bertz CT molecular complexity index is 731. The second-order valence-electron chi connectivity index (χ2n) is 4.81. The molecular formula is C16H20N4O2S. The fourth-order valence-corrected chi connectivity index (χ4v) is 3.13. The molecule has 0 atom stereocenters. The summed E-state index contributed by atoms with van der Waals surface area (Å²) in [5.74, 6) is 0.542. The molecule has 0 unspecified atom stereocenters. The zero-order valence-corrected chi connectivity index (χ0v) is 13.8. The smallest absolute Gasteiger partial charge is 0.191 e. The molecule has 2 rings (SSSR count). The van der Waals surface area contributed by atoms with E-state index in [4.69, 9.17) is 0 Å². The molecule has 0 radical (unpaired) electrons. The maximum absolute atomic E-state index is 12.2. The first-order valence-corrected chi connectivity index (χ1v) is 8.89. The number of aliphatic imine (C=N–C) groups is 1. The molecule has 0 aliphatic carbocycles. The van der Waals surface area contributed by atoms with Gasteiger partial charge in [0.1, 0.15) is 0 Å². The van der Waals surface area contributed by atoms with Crippen LogP contribution < -0.4 is 10.6 Å². The average Bonchev–Trinajstić information content (AvgIpc) is 2.59. The molecule has 122 valence electrons. The van der Waals surface area contributed by atoms with Crippen LogP contribution in [0.15, 0.2) is 64.6 Å². The minimum Gasteiger partial charge on any atom is -0.355 e. The summed E-state index contributed by atoms with van der Waals surface area (Å²) in [7, 11) is -1.65. The Morgan fingerprint density at radius 2 is 1.83 bits per heavy atom. The van der Waals surface area contributed by atoms with Crippen molar-refractivity contribution in [2.45, 2.75) is 11.4 Å². The summed E-state index contributed by atoms with van der Waals surface area (Å²) in [6.45, 7) is 0.797. The first kappa shape index (κ1) is 17.0. The molecule has 1 aromatic heterocycles. The van der Waals surface area contributed by atoms with E-state index in [0.29, 0.717) is 17.4 Å². The number of pyridine rings is 1. The van der Waals surface area contributed by atoms with Gasteiger partial charge in [-0.05, 0) is 24.3 Å². The Labute approximate surface area is 136 Å². The molecule has 7 heteroatoms. The topological polar surface area (TPSA) is 83.5 Å². The molecule has 2 aromatic rings. The van der Waals surface area contributed by atoms with Crippen molar-refractivity contribution < 1.29 is 8.42 Å². The maximum Gasteiger partial charge on any atom is 0.191 e. The standard InChI is InChI=1S/C16H20N4O2S/c1-17-16(20-13-14-7-5-6-10-18-14)19-11-12-23(21,22)15-8-3-2-4-9-15/h2-10H,11-13H2,1H3,(H2,17,19,20). The van der Waals surface area contributed by atoms with E-state index in [2.05, 4.69) is 20.6 Å². The van der Waals surface area contributed by atoms with E-state index in [0.717, 1.165) is 5.69 Å². The third-order valence-corrected chi connectivity index (χ3v) is 4.88. The first-order chi connectivity index (χ1) is 11.1. The van der Waals surface area contributed by atoms with Crippen LogP contribution in [0.25, 0.3) is 0 Å². The van der Waals surface area contributed by atoms with Crippen molar-refractivity contribution in [2.24, 2.45) is 4.99 Å². The van der Waals surface area contributed by atoms with Gasteiger partial charge >= 0.3 is 0 Å². The number of hydrogen-bond donors (Lipinski definition) is 2. The Morgan fingerprint density at radius 1 is 1.09 bits per heavy atom. The number of aromatic nitrogens is 1. The van der Waals surface area contributed by atoms with Crippen molar-refractivity contribution in [1.82, 2.24) is 15.6 Å². The molecule has 2 N–H and O–H groups in total. The highest BCUT2D eigenvalue weighted by molar-refractivity contribution is 7.91. The van der Waals surface area contributed by atoms with Gasteiger partial charge < -0.3 is 10.6 Å². The Balaban J connectivity index is 1.82. The van der Waals surface area contributed by atoms with Gasteiger partial charge in [0.2, 0.25) is 0 Å². The second kappa shape index (κ2) is 8.28. The quantitative estimate of drug-likeness (QED) is 0.614. The van der Waals surface area contributed by atoms with E-state index in [1.807, 2.05) is 18.2 Å². The normalized spacial score (nSPS) is 12.0. The van der Waals surface area contributed by atoms with Gasteiger partial charge in [0, 0.05) is 19.8 Å². The molecule has 0 fully saturated rings. The predicted octanol–water partition coefficient (Wildman–Crippen LogP) is 1.22. The van der Waals surface area contributed by atoms with E-state index < -0.39 is 9.84 Å². The van der Waals surface area contributed by atoms with Gasteiger partial charge in [-0.25, -0.2) is 8.42 Å². The molecule has 1 aromatic carbocycles. The molecule has 0 aliphatic heterocycles. The van der Waals surface area contributed by atoms with Crippen molar-refractivity contribution in [3.8, 4) is 0 Å². The molecule has 1 heterocycles. The zero-order valence-electron chi connectivity index (χ0n) is 12.9. The van der Waals surface area contributed by atoms with E-state index >= 15 is 0 Å². The lowest BCUT2D eigenvalue weighted by Gasteiger charge is -2.11. The minimum atomic E-state index is -3.29. The molecule has 0 aliphatic rings. The van der Waals surface area contributed by atoms with E-state index in [-0.39, 0.29) is 12.3 Å². The van der Waals surface area contributed by atoms with Crippen LogP contribution in [0.5, 0.6) is 0 Å². The van der Waals surface area contributed by atoms with Crippen molar-refractivity contribution >= 4 is 15.8 Å². The van der Waals surface area contributed by atoms with Gasteiger partial charge in [-0.3, -0.25) is 9.98 Å². The van der Waals surface area contributed by atoms with Gasteiger partial charge in [0.05, 0.1) is 22.9 Å². The zero-order chi connectivity index (χ0) is 16.5. The van der Waals surface area contributed by atoms with Gasteiger partial charge in [-0.2, -0.15) is 0 Å². The molecule has 0 bridgehead atoms. The lowest BCUT2D eigenvalue weighted by molar-refractivity contribution is 0.594. The number of rotatable bonds is 6. The van der Waals surface area contributed by atoms with Gasteiger partial charge in [-0.15, -0.1) is 0 Å². The van der Waals surface area contributed by atoms with Crippen LogP contribution in [-0.2, 0) is 16.4 Å². The van der Waals surface area contributed by atoms with Crippen LogP contribution in [0.2, 0.25) is 0 Å². The third kappa shape index (κ3) is 5.37. The lowest BCUT2D eigenvalue weighted by atomic mass is 10.3. The number of benzene rings is 1. The lowest BCUT2D eigenvalue weighted by Crippen LogP contribution is -2.39. The summed E-state index contributed by atoms with van der Waals surface area (Å²) in [4.78, 5) is 8.60. The van der Waals surface area contributed by atoms with Crippen LogP contribution in [-0.4, -0.2) is 38.7 Å². The molecule has 0 saturated carbocycles. The van der Waals surface area contributed by atoms with E-state index in [1.165, 1.54) is 0 Å². The predicted molar refractivity (Wildman–Crippen MR) is 90.9 cm³/mol. The van der Waals surface area contributed by atoms with Crippen molar-refractivity contribution in [2.75, 3.05) is 19.3 Å². The van der Waals surface area contributed by atoms with Crippen LogP contribution in [0.3, 0.4) is 0 Å². The fourth-order valence-electron chi connectivity index (χ4n) is 1.95. The van der Waals surface area contributed by atoms with Crippen LogP contribution in [0.1, 0.15) is 5.69 Å². The molecule has 6 nitrogen and oxygen atoms in total. The molecule has 23 heavy (non-hydrogen) atoms. The monoisotopic (exact) mass is 332 g/mol. The summed E-state index contributed by atoms with van der Waals surface area (Å²) in [6.07, 6.45) is 1.72. The summed E-state index contributed by atoms with van der Waals surface area (Å²) in [5, 5.41) is 6.09. The highest BCUT2D eigenvalue weighted by Crippen LogP contribution is 2.09. The minimum absolute atomic E-state index is 0.00129. The average molecular weight is 332 g/mol. The van der Waals surface area contributed by atoms with Crippen molar-refractivity contribution in [3.05, 3.63) is 60.4 Å². The number of nitrogens with zero attached hydrogens (tertiary/aromatic N) is 2. The van der Waals surface area contributed by atoms with Crippen molar-refractivity contribution in [1.29, 1.82) is 0 Å². The Kier molecular flexibility index (Phi) is 6.10. The number of hydrogen-bond acceptors (Lipinski definition) is 4. The summed E-state index contributed by atoms with van der Waals surface area (Å²) in [6, 6.07) is 14.1. The Hall–Kier alpha value is -2.41. The summed E-state index contributed by atoms with van der Waals surface area (Å²) < 4.78 is 24.3. The van der Waals surface area contributed by atoms with Crippen LogP contribution in [0.4, 0.5) is 0 Å². The number of guanidine groups is 1. The SMILES string of the molecule is CN=C(NCCS(=O)(=O)c1ccccc1)NCc1ccccn1. The fraction of sp³-hybridized carbons (Fsp3) is 0.250. The highest BCUT2D eigenvalue weighted by Gasteiger charge is 2.13. The summed E-state index contributed by atoms with van der Waals surface area (Å²) in [5.41, 5.74) is 0.882. The number of sulfone groups is 1. The van der Waals surface area contributed by atoms with Crippen molar-refractivity contribution in [3.63, 3.8) is 0 Å². The summed E-state index contributed by atoms with van der Waals surface area (Å²) >= 11 is 0. The van der Waals surface area contributed by atoms with Gasteiger partial charge in [-0.1, -0.05) is 24.3 Å². The number of nitrogens with one attached hydrogen (secondary N) is 2. The molecule has 0 amide bonds. The second-order valence-corrected chi connectivity index (χ2v) is 6.91. The highest BCUT2D eigenvalue weighted by atomic mass is 32.2. The molecular weight excluding hydrogens is 312 g/mol. The van der Waals surface area contributed by atoms with Gasteiger partial charge in [0.15, 0.2) is 15.8 Å². The largest absolute Gasteiger partial charge is 0.355 e. The van der Waals surface area contributed by atoms with Crippen LogP contribution >= 0.6 is 0 Å². The maximum atomic E-state index is 12.2. The third-order valence-electron chi connectivity index (χ3n) is 3.15. The Morgan fingerprint density at radius 3 is 2.48 bits per heavy atom. The molecule has 0 saturated heterocycles. The van der Waals surface area contributed by atoms with Crippen LogP contribution in [0, 0.1) is 0 Å². The van der Waals surface area contributed by atoms with E-state index in [9.17, 15) is 8.42 Å². The molecule has 0 spiro atoms. The van der Waals surface area contributed by atoms with Gasteiger partial charge in [0.25, 0.3) is 0 Å². The first-order valence-electron chi connectivity index (χ1n) is 7.24.